The van der Waals surface area contributed by atoms with E-state index in [1.54, 1.807) is 42.5 Å². The fourth-order valence-corrected chi connectivity index (χ4v) is 2.77. The lowest BCUT2D eigenvalue weighted by molar-refractivity contribution is -0.147. The third-order valence-corrected chi connectivity index (χ3v) is 4.37. The van der Waals surface area contributed by atoms with Crippen molar-refractivity contribution in [3.8, 4) is 5.75 Å². The van der Waals surface area contributed by atoms with Crippen LogP contribution in [0.15, 0.2) is 48.5 Å². The summed E-state index contributed by atoms with van der Waals surface area (Å²) in [5, 5.41) is 2.87. The number of nitrogens with one attached hydrogen (secondary N) is 3. The van der Waals surface area contributed by atoms with E-state index in [-0.39, 0.29) is 29.8 Å². The molecule has 0 spiro atoms. The SMILES string of the molecule is CCOc1ccccc1NC(=O)COC(=O)CCCC(=O)NNC(=O)c1ccccc1Cl. The lowest BCUT2D eigenvalue weighted by atomic mass is 10.2. The third-order valence-electron chi connectivity index (χ3n) is 4.04. The first-order valence-corrected chi connectivity index (χ1v) is 10.3. The van der Waals surface area contributed by atoms with Crippen molar-refractivity contribution in [1.82, 2.24) is 10.9 Å². The molecule has 0 unspecified atom stereocenters. The number of para-hydroxylation sites is 2. The van der Waals surface area contributed by atoms with Gasteiger partial charge in [-0.1, -0.05) is 35.9 Å². The normalized spacial score (nSPS) is 10.1. The Balaban J connectivity index is 1.64. The van der Waals surface area contributed by atoms with Gasteiger partial charge in [0.1, 0.15) is 5.75 Å². The molecular weight excluding hydrogens is 438 g/mol. The number of carbonyl (C=O) groups excluding carboxylic acids is 4. The fraction of sp³-hybridized carbons (Fsp3) is 0.273. The smallest absolute Gasteiger partial charge is 0.306 e. The van der Waals surface area contributed by atoms with Crippen molar-refractivity contribution in [3.63, 3.8) is 0 Å². The number of carbonyl (C=O) groups is 4. The molecule has 9 nitrogen and oxygen atoms in total. The van der Waals surface area contributed by atoms with Crippen LogP contribution in [0.1, 0.15) is 36.5 Å². The van der Waals surface area contributed by atoms with Gasteiger partial charge in [0.2, 0.25) is 5.91 Å². The molecule has 0 atom stereocenters. The van der Waals surface area contributed by atoms with Gasteiger partial charge in [0.25, 0.3) is 11.8 Å². The number of halogens is 1. The van der Waals surface area contributed by atoms with Gasteiger partial charge in [-0.25, -0.2) is 0 Å². The molecular formula is C22H24ClN3O6. The maximum Gasteiger partial charge on any atom is 0.306 e. The summed E-state index contributed by atoms with van der Waals surface area (Å²) < 4.78 is 10.3. The van der Waals surface area contributed by atoms with E-state index in [1.807, 2.05) is 6.92 Å². The van der Waals surface area contributed by atoms with Crippen LogP contribution in [-0.2, 0) is 19.1 Å². The minimum absolute atomic E-state index is 0.0220. The van der Waals surface area contributed by atoms with Gasteiger partial charge in [0.05, 0.1) is 22.9 Å². The molecule has 3 N–H and O–H groups in total. The average molecular weight is 462 g/mol. The second-order valence-electron chi connectivity index (χ2n) is 6.47. The number of esters is 1. The van der Waals surface area contributed by atoms with Crippen LogP contribution in [0.4, 0.5) is 5.69 Å². The fourth-order valence-electron chi connectivity index (χ4n) is 2.55. The Hall–Kier alpha value is -3.59. The quantitative estimate of drug-likeness (QED) is 0.369. The zero-order valence-electron chi connectivity index (χ0n) is 17.5. The molecule has 10 heteroatoms. The summed E-state index contributed by atoms with van der Waals surface area (Å²) in [7, 11) is 0. The summed E-state index contributed by atoms with van der Waals surface area (Å²) >= 11 is 5.91. The van der Waals surface area contributed by atoms with E-state index in [9.17, 15) is 19.2 Å². The number of hydrogen-bond acceptors (Lipinski definition) is 6. The number of hydrogen-bond donors (Lipinski definition) is 3. The molecule has 0 heterocycles. The summed E-state index contributed by atoms with van der Waals surface area (Å²) in [5.74, 6) is -1.65. The first kappa shape index (κ1) is 24.7. The van der Waals surface area contributed by atoms with Crippen molar-refractivity contribution in [2.75, 3.05) is 18.5 Å². The Labute approximate surface area is 190 Å². The Morgan fingerprint density at radius 2 is 1.62 bits per heavy atom. The Morgan fingerprint density at radius 1 is 0.906 bits per heavy atom. The highest BCUT2D eigenvalue weighted by atomic mass is 35.5. The van der Waals surface area contributed by atoms with Crippen LogP contribution in [0, 0.1) is 0 Å². The summed E-state index contributed by atoms with van der Waals surface area (Å²) in [5.41, 5.74) is 5.20. The Morgan fingerprint density at radius 3 is 2.38 bits per heavy atom. The summed E-state index contributed by atoms with van der Waals surface area (Å²) in [6, 6.07) is 13.3. The van der Waals surface area contributed by atoms with Crippen LogP contribution in [0.2, 0.25) is 5.02 Å². The lowest BCUT2D eigenvalue weighted by Gasteiger charge is -2.11. The van der Waals surface area contributed by atoms with E-state index in [1.165, 1.54) is 6.07 Å². The zero-order chi connectivity index (χ0) is 23.3. The number of anilines is 1. The second-order valence-corrected chi connectivity index (χ2v) is 6.88. The van der Waals surface area contributed by atoms with Crippen LogP contribution in [0.25, 0.3) is 0 Å². The number of benzene rings is 2. The van der Waals surface area contributed by atoms with Gasteiger partial charge in [-0.3, -0.25) is 30.0 Å². The topological polar surface area (TPSA) is 123 Å². The van der Waals surface area contributed by atoms with Crippen molar-refractivity contribution in [2.24, 2.45) is 0 Å². The highest BCUT2D eigenvalue weighted by molar-refractivity contribution is 6.33. The maximum atomic E-state index is 12.0. The molecule has 2 aromatic rings. The molecule has 0 saturated carbocycles. The van der Waals surface area contributed by atoms with E-state index >= 15 is 0 Å². The number of ether oxygens (including phenoxy) is 2. The molecule has 0 bridgehead atoms. The highest BCUT2D eigenvalue weighted by Crippen LogP contribution is 2.23. The summed E-state index contributed by atoms with van der Waals surface area (Å²) in [4.78, 5) is 47.6. The van der Waals surface area contributed by atoms with Crippen molar-refractivity contribution in [2.45, 2.75) is 26.2 Å². The van der Waals surface area contributed by atoms with E-state index in [0.717, 1.165) is 0 Å². The molecule has 0 aromatic heterocycles. The van der Waals surface area contributed by atoms with E-state index in [2.05, 4.69) is 16.2 Å². The number of amides is 3. The van der Waals surface area contributed by atoms with Gasteiger partial charge in [-0.2, -0.15) is 0 Å². The second kappa shape index (κ2) is 13.0. The molecule has 0 aliphatic carbocycles. The van der Waals surface area contributed by atoms with E-state index < -0.39 is 30.3 Å². The van der Waals surface area contributed by atoms with E-state index in [0.29, 0.717) is 18.0 Å². The van der Waals surface area contributed by atoms with Gasteiger partial charge >= 0.3 is 5.97 Å². The minimum atomic E-state index is -0.619. The zero-order valence-corrected chi connectivity index (χ0v) is 18.2. The van der Waals surface area contributed by atoms with Crippen LogP contribution >= 0.6 is 11.6 Å². The molecule has 0 fully saturated rings. The molecule has 32 heavy (non-hydrogen) atoms. The van der Waals surface area contributed by atoms with Crippen molar-refractivity contribution >= 4 is 41.0 Å². The van der Waals surface area contributed by atoms with Crippen molar-refractivity contribution in [1.29, 1.82) is 0 Å². The van der Waals surface area contributed by atoms with Crippen LogP contribution in [0.3, 0.4) is 0 Å². The van der Waals surface area contributed by atoms with Crippen LogP contribution in [-0.4, -0.2) is 36.9 Å². The summed E-state index contributed by atoms with van der Waals surface area (Å²) in [6.45, 7) is 1.81. The monoisotopic (exact) mass is 461 g/mol. The predicted molar refractivity (Wildman–Crippen MR) is 118 cm³/mol. The van der Waals surface area contributed by atoms with Crippen LogP contribution < -0.4 is 20.9 Å². The van der Waals surface area contributed by atoms with Gasteiger partial charge < -0.3 is 14.8 Å². The van der Waals surface area contributed by atoms with Gasteiger partial charge in [0.15, 0.2) is 6.61 Å². The molecule has 2 rings (SSSR count). The molecule has 0 aliphatic heterocycles. The summed E-state index contributed by atoms with van der Waals surface area (Å²) in [6.07, 6.45) is 0.0992. The van der Waals surface area contributed by atoms with Crippen molar-refractivity contribution in [3.05, 3.63) is 59.1 Å². The standard InChI is InChI=1S/C22H24ClN3O6/c1-2-31-18-11-6-5-10-17(18)24-20(28)14-32-21(29)13-7-12-19(27)25-26-22(30)15-8-3-4-9-16(15)23/h3-6,8-11H,2,7,12-14H2,1H3,(H,24,28)(H,25,27)(H,26,30). The van der Waals surface area contributed by atoms with Crippen LogP contribution in [0.5, 0.6) is 5.75 Å². The predicted octanol–water partition coefficient (Wildman–Crippen LogP) is 2.85. The first-order chi connectivity index (χ1) is 15.4. The minimum Gasteiger partial charge on any atom is -0.492 e. The number of hydrazine groups is 1. The van der Waals surface area contributed by atoms with Gasteiger partial charge in [0, 0.05) is 12.8 Å². The van der Waals surface area contributed by atoms with Gasteiger partial charge in [-0.15, -0.1) is 0 Å². The molecule has 2 aromatic carbocycles. The third kappa shape index (κ3) is 8.27. The molecule has 0 saturated heterocycles. The maximum absolute atomic E-state index is 12.0. The van der Waals surface area contributed by atoms with E-state index in [4.69, 9.17) is 21.1 Å². The molecule has 0 radical (unpaired) electrons. The number of rotatable bonds is 10. The molecule has 0 aliphatic rings. The Bertz CT molecular complexity index is 966. The molecule has 3 amide bonds. The lowest BCUT2D eigenvalue weighted by Crippen LogP contribution is -2.41. The Kier molecular flexibility index (Phi) is 9.99. The largest absolute Gasteiger partial charge is 0.492 e. The van der Waals surface area contributed by atoms with Crippen molar-refractivity contribution < 1.29 is 28.7 Å². The first-order valence-electron chi connectivity index (χ1n) is 9.91. The average Bonchev–Trinajstić information content (AvgIpc) is 2.78. The van der Waals surface area contributed by atoms with Gasteiger partial charge in [-0.05, 0) is 37.6 Å². The highest BCUT2D eigenvalue weighted by Gasteiger charge is 2.13. The molecule has 170 valence electrons.